The Labute approximate surface area is 93.2 Å². The molecular weight excluding hydrogens is 223 g/mol. The first-order chi connectivity index (χ1) is 7.78. The van der Waals surface area contributed by atoms with Gasteiger partial charge in [0.1, 0.15) is 0 Å². The van der Waals surface area contributed by atoms with Gasteiger partial charge in [-0.1, -0.05) is 30.3 Å². The van der Waals surface area contributed by atoms with Crippen molar-refractivity contribution >= 4 is 12.9 Å². The molecule has 2 aromatic carbocycles. The van der Waals surface area contributed by atoms with Gasteiger partial charge >= 0.3 is 7.60 Å². The molecule has 0 aromatic heterocycles. The maximum Gasteiger partial charge on any atom is 0.463 e. The Morgan fingerprint density at radius 2 is 1.25 bits per heavy atom. The van der Waals surface area contributed by atoms with Gasteiger partial charge < -0.3 is 9.05 Å². The normalized spacial score (nSPS) is 16.0. The fourth-order valence-electron chi connectivity index (χ4n) is 1.59. The van der Waals surface area contributed by atoms with Gasteiger partial charge in [-0.25, -0.2) is 4.57 Å². The summed E-state index contributed by atoms with van der Waals surface area (Å²) in [7, 11) is -3.20. The zero-order valence-electron chi connectivity index (χ0n) is 8.37. The predicted octanol–water partition coefficient (Wildman–Crippen LogP) is 2.98. The topological polar surface area (TPSA) is 35.5 Å². The molecular formula is C12H9O3P. The summed E-state index contributed by atoms with van der Waals surface area (Å²) in [4.78, 5) is 0. The van der Waals surface area contributed by atoms with Crippen LogP contribution in [0.5, 0.6) is 11.5 Å². The molecule has 0 atom stereocenters. The van der Waals surface area contributed by atoms with E-state index in [1.54, 1.807) is 24.3 Å². The monoisotopic (exact) mass is 232 g/mol. The third kappa shape index (κ3) is 1.41. The lowest BCUT2D eigenvalue weighted by molar-refractivity contribution is 0.445. The van der Waals surface area contributed by atoms with Crippen LogP contribution in [0.25, 0.3) is 0 Å². The summed E-state index contributed by atoms with van der Waals surface area (Å²) >= 11 is 0. The molecule has 0 fully saturated rings. The zero-order chi connectivity index (χ0) is 11.0. The van der Waals surface area contributed by atoms with E-state index >= 15 is 0 Å². The molecule has 0 bridgehead atoms. The highest BCUT2D eigenvalue weighted by atomic mass is 31.2. The van der Waals surface area contributed by atoms with Gasteiger partial charge in [-0.3, -0.25) is 0 Å². The summed E-state index contributed by atoms with van der Waals surface area (Å²) in [6, 6.07) is 16.1. The first-order valence-corrected chi connectivity index (χ1v) is 6.46. The molecule has 0 saturated heterocycles. The summed E-state index contributed by atoms with van der Waals surface area (Å²) in [5.74, 6) is 1.07. The van der Waals surface area contributed by atoms with Gasteiger partial charge in [0.05, 0.1) is 5.30 Å². The molecule has 0 spiro atoms. The molecule has 0 unspecified atom stereocenters. The van der Waals surface area contributed by atoms with Crippen LogP contribution in [0, 0.1) is 0 Å². The summed E-state index contributed by atoms with van der Waals surface area (Å²) in [5, 5.41) is 0.575. The summed E-state index contributed by atoms with van der Waals surface area (Å²) in [5.41, 5.74) is 0. The van der Waals surface area contributed by atoms with E-state index in [-0.39, 0.29) is 0 Å². The minimum absolute atomic E-state index is 0.537. The zero-order valence-corrected chi connectivity index (χ0v) is 9.26. The number of para-hydroxylation sites is 2. The molecule has 0 radical (unpaired) electrons. The highest BCUT2D eigenvalue weighted by molar-refractivity contribution is 7.63. The minimum atomic E-state index is -3.20. The number of benzene rings is 2. The highest BCUT2D eigenvalue weighted by Gasteiger charge is 2.38. The first kappa shape index (κ1) is 9.49. The van der Waals surface area contributed by atoms with Gasteiger partial charge in [0.2, 0.25) is 0 Å². The van der Waals surface area contributed by atoms with Crippen LogP contribution in [0.3, 0.4) is 0 Å². The van der Waals surface area contributed by atoms with Crippen LogP contribution < -0.4 is 14.4 Å². The molecule has 16 heavy (non-hydrogen) atoms. The van der Waals surface area contributed by atoms with Crippen molar-refractivity contribution in [3.05, 3.63) is 54.6 Å². The Morgan fingerprint density at radius 1 is 0.750 bits per heavy atom. The molecule has 3 nitrogen and oxygen atoms in total. The van der Waals surface area contributed by atoms with Crippen LogP contribution >= 0.6 is 7.60 Å². The van der Waals surface area contributed by atoms with E-state index in [1.807, 2.05) is 30.3 Å². The highest BCUT2D eigenvalue weighted by Crippen LogP contribution is 2.56. The molecule has 0 N–H and O–H groups in total. The van der Waals surface area contributed by atoms with Gasteiger partial charge in [0.15, 0.2) is 11.5 Å². The number of rotatable bonds is 1. The Hall–Kier alpha value is -1.73. The van der Waals surface area contributed by atoms with Crippen molar-refractivity contribution in [3.63, 3.8) is 0 Å². The summed E-state index contributed by atoms with van der Waals surface area (Å²) < 4.78 is 23.3. The number of hydrogen-bond donors (Lipinski definition) is 0. The van der Waals surface area contributed by atoms with Crippen molar-refractivity contribution in [2.45, 2.75) is 0 Å². The lowest BCUT2D eigenvalue weighted by Gasteiger charge is -2.09. The Morgan fingerprint density at radius 3 is 1.81 bits per heavy atom. The quantitative estimate of drug-likeness (QED) is 0.709. The van der Waals surface area contributed by atoms with Crippen LogP contribution in [0.4, 0.5) is 0 Å². The van der Waals surface area contributed by atoms with Crippen molar-refractivity contribution in [2.24, 2.45) is 0 Å². The molecule has 1 aliphatic rings. The van der Waals surface area contributed by atoms with E-state index in [1.165, 1.54) is 0 Å². The van der Waals surface area contributed by atoms with Crippen LogP contribution in [0.15, 0.2) is 54.6 Å². The van der Waals surface area contributed by atoms with E-state index < -0.39 is 7.60 Å². The molecule has 1 heterocycles. The second kappa shape index (κ2) is 3.39. The van der Waals surface area contributed by atoms with E-state index in [2.05, 4.69) is 0 Å². The maximum absolute atomic E-state index is 12.4. The van der Waals surface area contributed by atoms with Crippen LogP contribution in [-0.4, -0.2) is 0 Å². The van der Waals surface area contributed by atoms with Gasteiger partial charge in [0.25, 0.3) is 0 Å². The van der Waals surface area contributed by atoms with Gasteiger partial charge in [-0.15, -0.1) is 0 Å². The Kier molecular flexibility index (Phi) is 2.01. The molecule has 80 valence electrons. The fraction of sp³-hybridized carbons (Fsp3) is 0. The van der Waals surface area contributed by atoms with Crippen molar-refractivity contribution in [1.82, 2.24) is 0 Å². The van der Waals surface area contributed by atoms with Crippen molar-refractivity contribution in [2.75, 3.05) is 0 Å². The summed E-state index contributed by atoms with van der Waals surface area (Å²) in [6.45, 7) is 0. The average molecular weight is 232 g/mol. The van der Waals surface area contributed by atoms with Crippen LogP contribution in [0.2, 0.25) is 0 Å². The molecule has 4 heteroatoms. The third-order valence-electron chi connectivity index (χ3n) is 2.36. The molecule has 0 saturated carbocycles. The number of fused-ring (bicyclic) bond motifs is 1. The maximum atomic E-state index is 12.4. The Bertz CT molecular complexity index is 536. The van der Waals surface area contributed by atoms with Crippen LogP contribution in [-0.2, 0) is 4.57 Å². The molecule has 2 aromatic rings. The van der Waals surface area contributed by atoms with E-state index in [0.29, 0.717) is 16.8 Å². The van der Waals surface area contributed by atoms with Crippen molar-refractivity contribution < 1.29 is 13.6 Å². The van der Waals surface area contributed by atoms with Crippen LogP contribution in [0.1, 0.15) is 0 Å². The second-order valence-corrected chi connectivity index (χ2v) is 5.34. The minimum Gasteiger partial charge on any atom is -0.409 e. The first-order valence-electron chi connectivity index (χ1n) is 4.92. The molecule has 0 amide bonds. The fourth-order valence-corrected chi connectivity index (χ4v) is 3.20. The predicted molar refractivity (Wildman–Crippen MR) is 61.4 cm³/mol. The SMILES string of the molecule is O=P1(c2ccccc2)Oc2ccccc2O1. The largest absolute Gasteiger partial charge is 0.463 e. The molecule has 1 aliphatic heterocycles. The Balaban J connectivity index is 2.04. The smallest absolute Gasteiger partial charge is 0.409 e. The van der Waals surface area contributed by atoms with Crippen molar-refractivity contribution in [1.29, 1.82) is 0 Å². The van der Waals surface area contributed by atoms with Gasteiger partial charge in [-0.2, -0.15) is 0 Å². The lowest BCUT2D eigenvalue weighted by atomic mass is 10.3. The van der Waals surface area contributed by atoms with E-state index in [4.69, 9.17) is 9.05 Å². The second-order valence-electron chi connectivity index (χ2n) is 3.46. The average Bonchev–Trinajstić information content (AvgIpc) is 2.68. The van der Waals surface area contributed by atoms with Gasteiger partial charge in [0, 0.05) is 0 Å². The number of hydrogen-bond acceptors (Lipinski definition) is 3. The standard InChI is InChI=1S/C12H9O3P/c13-16(10-6-2-1-3-7-10)14-11-8-4-5-9-12(11)15-16/h1-9H. The van der Waals surface area contributed by atoms with Gasteiger partial charge in [-0.05, 0) is 24.3 Å². The molecule has 0 aliphatic carbocycles. The third-order valence-corrected chi connectivity index (χ3v) is 4.16. The summed E-state index contributed by atoms with van der Waals surface area (Å²) in [6.07, 6.45) is 0. The van der Waals surface area contributed by atoms with E-state index in [9.17, 15) is 4.57 Å². The lowest BCUT2D eigenvalue weighted by Crippen LogP contribution is -2.09. The van der Waals surface area contributed by atoms with Crippen molar-refractivity contribution in [3.8, 4) is 11.5 Å². The molecule has 3 rings (SSSR count). The van der Waals surface area contributed by atoms with E-state index in [0.717, 1.165) is 0 Å².